The van der Waals surface area contributed by atoms with E-state index in [9.17, 15) is 9.00 Å². The first kappa shape index (κ1) is 17.4. The van der Waals surface area contributed by atoms with E-state index in [1.54, 1.807) is 18.2 Å². The van der Waals surface area contributed by atoms with Crippen molar-refractivity contribution in [2.24, 2.45) is 0 Å². The first-order valence-electron chi connectivity index (χ1n) is 7.02. The second-order valence-corrected chi connectivity index (χ2v) is 6.28. The van der Waals surface area contributed by atoms with Crippen molar-refractivity contribution in [3.8, 4) is 0 Å². The lowest BCUT2D eigenvalue weighted by Gasteiger charge is -2.25. The summed E-state index contributed by atoms with van der Waals surface area (Å²) in [6, 6.07) is 7.41. The van der Waals surface area contributed by atoms with Gasteiger partial charge in [-0.1, -0.05) is 24.3 Å². The van der Waals surface area contributed by atoms with Gasteiger partial charge < -0.3 is 10.2 Å². The molecule has 0 aromatic heterocycles. The Labute approximate surface area is 129 Å². The number of rotatable bonds is 6. The van der Waals surface area contributed by atoms with Gasteiger partial charge in [0.1, 0.15) is 0 Å². The van der Waals surface area contributed by atoms with Crippen LogP contribution in [0.15, 0.2) is 41.3 Å². The maximum absolute atomic E-state index is 12.0. The van der Waals surface area contributed by atoms with Gasteiger partial charge >= 0.3 is 6.03 Å². The van der Waals surface area contributed by atoms with E-state index in [4.69, 9.17) is 0 Å². The lowest BCUT2D eigenvalue weighted by molar-refractivity contribution is 0.194. The van der Waals surface area contributed by atoms with Crippen LogP contribution in [0.3, 0.4) is 0 Å². The summed E-state index contributed by atoms with van der Waals surface area (Å²) in [7, 11) is 0.804. The fourth-order valence-corrected chi connectivity index (χ4v) is 2.41. The molecule has 2 amide bonds. The summed E-state index contributed by atoms with van der Waals surface area (Å²) in [4.78, 5) is 14.5. The van der Waals surface area contributed by atoms with E-state index < -0.39 is 10.8 Å². The molecule has 116 valence electrons. The average molecular weight is 308 g/mol. The zero-order valence-corrected chi connectivity index (χ0v) is 13.9. The Hall–Kier alpha value is -1.62. The summed E-state index contributed by atoms with van der Waals surface area (Å²) in [6.45, 7) is 4.57. The highest BCUT2D eigenvalue weighted by atomic mass is 32.2. The maximum atomic E-state index is 12.0. The first-order valence-corrected chi connectivity index (χ1v) is 8.58. The van der Waals surface area contributed by atoms with E-state index in [1.165, 1.54) is 0 Å². The second-order valence-electron chi connectivity index (χ2n) is 4.90. The summed E-state index contributed by atoms with van der Waals surface area (Å²) < 4.78 is 11.4. The van der Waals surface area contributed by atoms with Crippen molar-refractivity contribution in [3.05, 3.63) is 42.0 Å². The Kier molecular flexibility index (Phi) is 7.15. The molecule has 0 spiro atoms. The van der Waals surface area contributed by atoms with Crippen LogP contribution in [-0.2, 0) is 10.8 Å². The Balaban J connectivity index is 2.62. The average Bonchev–Trinajstić information content (AvgIpc) is 2.50. The monoisotopic (exact) mass is 308 g/mol. The van der Waals surface area contributed by atoms with Gasteiger partial charge in [-0.05, 0) is 38.0 Å². The Morgan fingerprint density at radius 2 is 2.00 bits per heavy atom. The van der Waals surface area contributed by atoms with Crippen LogP contribution in [0, 0.1) is 0 Å². The third kappa shape index (κ3) is 5.34. The standard InChI is InChI=1S/C16H24N2O2S/c1-5-6-7-12-17-16(19)18(3)13(2)14-8-10-15(11-9-14)21(4)20/h5-6,8-11,13H,7,12H2,1-4H3,(H,17,19)/b6-5+. The van der Waals surface area contributed by atoms with Gasteiger partial charge in [0, 0.05) is 35.5 Å². The van der Waals surface area contributed by atoms with Crippen molar-refractivity contribution in [3.63, 3.8) is 0 Å². The number of allylic oxidation sites excluding steroid dienone is 1. The molecule has 1 aromatic rings. The molecule has 0 saturated heterocycles. The van der Waals surface area contributed by atoms with Gasteiger partial charge in [-0.25, -0.2) is 4.79 Å². The van der Waals surface area contributed by atoms with Gasteiger partial charge in [-0.15, -0.1) is 0 Å². The summed E-state index contributed by atoms with van der Waals surface area (Å²) in [5, 5.41) is 2.88. The van der Waals surface area contributed by atoms with Gasteiger partial charge in [0.05, 0.1) is 6.04 Å². The summed E-state index contributed by atoms with van der Waals surface area (Å²) in [5.41, 5.74) is 1.02. The molecule has 0 bridgehead atoms. The third-order valence-corrected chi connectivity index (χ3v) is 4.35. The SMILES string of the molecule is C/C=C/CCNC(=O)N(C)C(C)c1ccc(S(C)=O)cc1. The molecule has 0 aliphatic carbocycles. The predicted molar refractivity (Wildman–Crippen MR) is 87.8 cm³/mol. The normalized spacial score (nSPS) is 13.9. The molecule has 1 rings (SSSR count). The predicted octanol–water partition coefficient (Wildman–Crippen LogP) is 3.09. The van der Waals surface area contributed by atoms with E-state index in [0.717, 1.165) is 16.9 Å². The zero-order valence-electron chi connectivity index (χ0n) is 13.1. The van der Waals surface area contributed by atoms with Gasteiger partial charge in [0.2, 0.25) is 0 Å². The van der Waals surface area contributed by atoms with E-state index in [0.29, 0.717) is 6.54 Å². The number of amides is 2. The third-order valence-electron chi connectivity index (χ3n) is 3.42. The van der Waals surface area contributed by atoms with Crippen LogP contribution in [0.4, 0.5) is 4.79 Å². The number of carbonyl (C=O) groups is 1. The van der Waals surface area contributed by atoms with Gasteiger partial charge in [0.25, 0.3) is 0 Å². The Bertz CT molecular complexity index is 512. The lowest BCUT2D eigenvalue weighted by Crippen LogP contribution is -2.39. The minimum absolute atomic E-state index is 0.0361. The van der Waals surface area contributed by atoms with E-state index in [-0.39, 0.29) is 12.1 Å². The number of hydrogen-bond acceptors (Lipinski definition) is 2. The minimum atomic E-state index is -0.976. The van der Waals surface area contributed by atoms with Crippen molar-refractivity contribution >= 4 is 16.8 Å². The molecule has 4 nitrogen and oxygen atoms in total. The van der Waals surface area contributed by atoms with E-state index in [1.807, 2.05) is 50.3 Å². The van der Waals surface area contributed by atoms with Crippen molar-refractivity contribution in [2.75, 3.05) is 19.8 Å². The number of benzene rings is 1. The van der Waals surface area contributed by atoms with Crippen LogP contribution in [0.25, 0.3) is 0 Å². The molecular weight excluding hydrogens is 284 g/mol. The molecule has 0 radical (unpaired) electrons. The highest BCUT2D eigenvalue weighted by Crippen LogP contribution is 2.20. The van der Waals surface area contributed by atoms with Crippen LogP contribution in [0.2, 0.25) is 0 Å². The van der Waals surface area contributed by atoms with Crippen molar-refractivity contribution in [1.82, 2.24) is 10.2 Å². The molecule has 0 aliphatic rings. The molecule has 2 atom stereocenters. The topological polar surface area (TPSA) is 49.4 Å². The Morgan fingerprint density at radius 3 is 2.52 bits per heavy atom. The molecule has 1 aromatic carbocycles. The number of nitrogens with one attached hydrogen (secondary N) is 1. The maximum Gasteiger partial charge on any atom is 0.317 e. The van der Waals surface area contributed by atoms with Crippen molar-refractivity contribution < 1.29 is 9.00 Å². The molecule has 0 fully saturated rings. The van der Waals surface area contributed by atoms with Crippen LogP contribution < -0.4 is 5.32 Å². The molecule has 0 heterocycles. The fraction of sp³-hybridized carbons (Fsp3) is 0.438. The lowest BCUT2D eigenvalue weighted by atomic mass is 10.1. The zero-order chi connectivity index (χ0) is 15.8. The second kappa shape index (κ2) is 8.62. The molecule has 1 N–H and O–H groups in total. The van der Waals surface area contributed by atoms with E-state index in [2.05, 4.69) is 5.32 Å². The van der Waals surface area contributed by atoms with Crippen molar-refractivity contribution in [1.29, 1.82) is 0 Å². The minimum Gasteiger partial charge on any atom is -0.338 e. The van der Waals surface area contributed by atoms with Gasteiger partial charge in [-0.3, -0.25) is 4.21 Å². The number of hydrogen-bond donors (Lipinski definition) is 1. The van der Waals surface area contributed by atoms with Gasteiger partial charge in [0.15, 0.2) is 0 Å². The molecule has 5 heteroatoms. The highest BCUT2D eigenvalue weighted by molar-refractivity contribution is 7.84. The van der Waals surface area contributed by atoms with Crippen LogP contribution in [0.1, 0.15) is 31.9 Å². The number of urea groups is 1. The van der Waals surface area contributed by atoms with Crippen molar-refractivity contribution in [2.45, 2.75) is 31.2 Å². The quantitative estimate of drug-likeness (QED) is 0.648. The number of carbonyl (C=O) groups excluding carboxylic acids is 1. The van der Waals surface area contributed by atoms with Crippen LogP contribution in [-0.4, -0.2) is 35.0 Å². The summed E-state index contributed by atoms with van der Waals surface area (Å²) in [6.07, 6.45) is 6.48. The molecule has 2 unspecified atom stereocenters. The molecule has 0 saturated carbocycles. The smallest absolute Gasteiger partial charge is 0.317 e. The highest BCUT2D eigenvalue weighted by Gasteiger charge is 2.16. The largest absolute Gasteiger partial charge is 0.338 e. The van der Waals surface area contributed by atoms with Crippen LogP contribution in [0.5, 0.6) is 0 Å². The Morgan fingerprint density at radius 1 is 1.38 bits per heavy atom. The molecule has 21 heavy (non-hydrogen) atoms. The molecule has 0 aliphatic heterocycles. The fourth-order valence-electron chi connectivity index (χ4n) is 1.89. The van der Waals surface area contributed by atoms with Crippen LogP contribution >= 0.6 is 0 Å². The first-order chi connectivity index (χ1) is 9.97. The van der Waals surface area contributed by atoms with Gasteiger partial charge in [-0.2, -0.15) is 0 Å². The summed E-state index contributed by atoms with van der Waals surface area (Å²) in [5.74, 6) is 0. The number of nitrogens with zero attached hydrogens (tertiary/aromatic N) is 1. The van der Waals surface area contributed by atoms with E-state index >= 15 is 0 Å². The summed E-state index contributed by atoms with van der Waals surface area (Å²) >= 11 is 0. The molecular formula is C16H24N2O2S.